The van der Waals surface area contributed by atoms with Crippen LogP contribution in [-0.2, 0) is 9.47 Å². The molecule has 0 saturated carbocycles. The maximum atomic E-state index is 5.78. The lowest BCUT2D eigenvalue weighted by Gasteiger charge is -2.22. The second-order valence-corrected chi connectivity index (χ2v) is 4.89. The molecule has 0 amide bonds. The van der Waals surface area contributed by atoms with E-state index < -0.39 is 5.79 Å². The molecule has 0 spiro atoms. The van der Waals surface area contributed by atoms with Gasteiger partial charge in [0.15, 0.2) is 5.79 Å². The molecule has 0 aromatic rings. The van der Waals surface area contributed by atoms with Crippen molar-refractivity contribution in [2.45, 2.75) is 32.0 Å². The van der Waals surface area contributed by atoms with E-state index in [-0.39, 0.29) is 12.3 Å². The smallest absolute Gasteiger partial charge is 0.165 e. The van der Waals surface area contributed by atoms with Gasteiger partial charge in [-0.25, -0.2) is 0 Å². The van der Waals surface area contributed by atoms with E-state index in [0.717, 1.165) is 5.75 Å². The van der Waals surface area contributed by atoms with Gasteiger partial charge in [-0.05, 0) is 34.2 Å². The largest absolute Gasteiger partial charge is 0.342 e. The van der Waals surface area contributed by atoms with Crippen molar-refractivity contribution in [2.75, 3.05) is 26.1 Å². The first-order valence-corrected chi connectivity index (χ1v) is 5.86. The third-order valence-electron chi connectivity index (χ3n) is 2.00. The van der Waals surface area contributed by atoms with Crippen molar-refractivity contribution < 1.29 is 9.47 Å². The fourth-order valence-electron chi connectivity index (χ4n) is 1.54. The van der Waals surface area contributed by atoms with Crippen LogP contribution in [0.4, 0.5) is 0 Å². The van der Waals surface area contributed by atoms with Crippen molar-refractivity contribution in [1.29, 1.82) is 0 Å². The molecule has 1 rings (SSSR count). The van der Waals surface area contributed by atoms with Gasteiger partial charge in [-0.15, -0.1) is 0 Å². The molecular weight excluding hydrogens is 186 g/mol. The molecule has 4 heteroatoms. The Morgan fingerprint density at radius 1 is 1.31 bits per heavy atom. The molecule has 0 aromatic carbocycles. The van der Waals surface area contributed by atoms with E-state index in [2.05, 4.69) is 11.2 Å². The molecule has 0 aromatic heterocycles. The molecule has 0 aliphatic carbocycles. The average molecular weight is 205 g/mol. The van der Waals surface area contributed by atoms with Gasteiger partial charge >= 0.3 is 0 Å². The van der Waals surface area contributed by atoms with Gasteiger partial charge in [-0.1, -0.05) is 0 Å². The predicted octanol–water partition coefficient (Wildman–Crippen LogP) is 1.39. The van der Waals surface area contributed by atoms with E-state index >= 15 is 0 Å². The molecule has 1 aliphatic rings. The zero-order valence-electron chi connectivity index (χ0n) is 9.03. The van der Waals surface area contributed by atoms with Crippen LogP contribution < -0.4 is 0 Å². The topological polar surface area (TPSA) is 21.7 Å². The summed E-state index contributed by atoms with van der Waals surface area (Å²) in [6.45, 7) is 3.92. The van der Waals surface area contributed by atoms with Gasteiger partial charge in [0, 0.05) is 5.75 Å². The molecule has 78 valence electrons. The molecule has 1 aliphatic heterocycles. The van der Waals surface area contributed by atoms with Gasteiger partial charge in [-0.3, -0.25) is 4.90 Å². The highest BCUT2D eigenvalue weighted by atomic mass is 32.2. The number of hydrogen-bond acceptors (Lipinski definition) is 4. The maximum absolute atomic E-state index is 5.78. The van der Waals surface area contributed by atoms with Gasteiger partial charge in [-0.2, -0.15) is 11.8 Å². The van der Waals surface area contributed by atoms with Gasteiger partial charge in [0.2, 0.25) is 0 Å². The van der Waals surface area contributed by atoms with E-state index in [1.165, 1.54) is 0 Å². The Kier molecular flexibility index (Phi) is 3.63. The molecule has 0 unspecified atom stereocenters. The second-order valence-electron chi connectivity index (χ2n) is 3.98. The van der Waals surface area contributed by atoms with Crippen LogP contribution in [0.3, 0.4) is 0 Å². The van der Waals surface area contributed by atoms with Gasteiger partial charge in [0.1, 0.15) is 12.3 Å². The first-order chi connectivity index (χ1) is 5.96. The highest BCUT2D eigenvalue weighted by Crippen LogP contribution is 2.30. The van der Waals surface area contributed by atoms with E-state index in [0.29, 0.717) is 0 Å². The van der Waals surface area contributed by atoms with Crippen molar-refractivity contribution in [1.82, 2.24) is 4.90 Å². The Hall–Kier alpha value is 0.230. The monoisotopic (exact) mass is 205 g/mol. The van der Waals surface area contributed by atoms with E-state index in [1.807, 2.05) is 27.9 Å². The van der Waals surface area contributed by atoms with E-state index in [4.69, 9.17) is 9.47 Å². The van der Waals surface area contributed by atoms with Crippen molar-refractivity contribution >= 4 is 11.8 Å². The number of nitrogens with zero attached hydrogens (tertiary/aromatic N) is 1. The lowest BCUT2D eigenvalue weighted by atomic mass is 10.3. The number of ether oxygens (including phenoxy) is 2. The Balaban J connectivity index is 2.60. The van der Waals surface area contributed by atoms with Crippen LogP contribution in [0.5, 0.6) is 0 Å². The Morgan fingerprint density at radius 2 is 1.92 bits per heavy atom. The second kappa shape index (κ2) is 4.17. The minimum absolute atomic E-state index is 0.0856. The molecule has 0 N–H and O–H groups in total. The van der Waals surface area contributed by atoms with Crippen LogP contribution in [0.25, 0.3) is 0 Å². The van der Waals surface area contributed by atoms with Crippen LogP contribution in [0, 0.1) is 0 Å². The molecule has 2 atom stereocenters. The van der Waals surface area contributed by atoms with Crippen LogP contribution in [-0.4, -0.2) is 49.1 Å². The van der Waals surface area contributed by atoms with Crippen LogP contribution in [0.2, 0.25) is 0 Å². The quantitative estimate of drug-likeness (QED) is 0.694. The Bertz CT molecular complexity index is 173. The predicted molar refractivity (Wildman–Crippen MR) is 55.9 cm³/mol. The SMILES string of the molecule is CSC[C@H]1OC(C)(C)O[C@H]1N(C)C. The van der Waals surface area contributed by atoms with Gasteiger partial charge in [0.05, 0.1) is 0 Å². The minimum atomic E-state index is -0.435. The first kappa shape index (κ1) is 11.3. The minimum Gasteiger partial charge on any atom is -0.342 e. The third kappa shape index (κ3) is 2.84. The summed E-state index contributed by atoms with van der Waals surface area (Å²) in [4.78, 5) is 2.07. The molecule has 13 heavy (non-hydrogen) atoms. The molecule has 1 fully saturated rings. The lowest BCUT2D eigenvalue weighted by Crippen LogP contribution is -2.38. The summed E-state index contributed by atoms with van der Waals surface area (Å²) in [5.41, 5.74) is 0. The number of hydrogen-bond donors (Lipinski definition) is 0. The summed E-state index contributed by atoms with van der Waals surface area (Å²) in [7, 11) is 4.03. The average Bonchev–Trinajstić information content (AvgIpc) is 2.26. The zero-order chi connectivity index (χ0) is 10.1. The van der Waals surface area contributed by atoms with Gasteiger partial charge in [0.25, 0.3) is 0 Å². The fraction of sp³-hybridized carbons (Fsp3) is 1.00. The van der Waals surface area contributed by atoms with Gasteiger partial charge < -0.3 is 9.47 Å². The summed E-state index contributed by atoms with van der Waals surface area (Å²) < 4.78 is 11.5. The Morgan fingerprint density at radius 3 is 2.38 bits per heavy atom. The lowest BCUT2D eigenvalue weighted by molar-refractivity contribution is -0.157. The Labute approximate surface area is 84.8 Å². The summed E-state index contributed by atoms with van der Waals surface area (Å²) >= 11 is 1.79. The van der Waals surface area contributed by atoms with Crippen molar-refractivity contribution in [3.8, 4) is 0 Å². The van der Waals surface area contributed by atoms with Crippen molar-refractivity contribution in [3.63, 3.8) is 0 Å². The maximum Gasteiger partial charge on any atom is 0.165 e. The van der Waals surface area contributed by atoms with E-state index in [1.54, 1.807) is 11.8 Å². The van der Waals surface area contributed by atoms with E-state index in [9.17, 15) is 0 Å². The van der Waals surface area contributed by atoms with Crippen molar-refractivity contribution in [3.05, 3.63) is 0 Å². The van der Waals surface area contributed by atoms with Crippen molar-refractivity contribution in [2.24, 2.45) is 0 Å². The fourth-order valence-corrected chi connectivity index (χ4v) is 2.10. The molecule has 0 radical (unpaired) electrons. The molecule has 3 nitrogen and oxygen atoms in total. The summed E-state index contributed by atoms with van der Waals surface area (Å²) in [6, 6.07) is 0. The zero-order valence-corrected chi connectivity index (χ0v) is 9.85. The highest BCUT2D eigenvalue weighted by molar-refractivity contribution is 7.98. The standard InChI is InChI=1S/C9H19NO2S/c1-9(2)11-7(6-13-5)8(12-9)10(3)4/h7-8H,6H2,1-5H3/t7-,8-/m1/s1. The summed E-state index contributed by atoms with van der Waals surface area (Å²) in [5, 5.41) is 0. The number of thioether (sulfide) groups is 1. The van der Waals surface area contributed by atoms with Crippen LogP contribution in [0.15, 0.2) is 0 Å². The van der Waals surface area contributed by atoms with Crippen LogP contribution >= 0.6 is 11.8 Å². The normalized spacial score (nSPS) is 32.8. The highest BCUT2D eigenvalue weighted by Gasteiger charge is 2.41. The van der Waals surface area contributed by atoms with Crippen LogP contribution in [0.1, 0.15) is 13.8 Å². The number of likely N-dealkylation sites (N-methyl/N-ethyl adjacent to an activating group) is 1. The summed E-state index contributed by atoms with van der Waals surface area (Å²) in [6.07, 6.45) is 2.35. The molecule has 0 bridgehead atoms. The molecular formula is C9H19NO2S. The first-order valence-electron chi connectivity index (χ1n) is 4.47. The third-order valence-corrected chi connectivity index (χ3v) is 2.66. The molecule has 1 heterocycles. The summed E-state index contributed by atoms with van der Waals surface area (Å²) in [5.74, 6) is 0.543. The number of rotatable bonds is 3. The molecule has 1 saturated heterocycles.